The van der Waals surface area contributed by atoms with Crippen LogP contribution in [0.15, 0.2) is 35.7 Å². The van der Waals surface area contributed by atoms with Crippen LogP contribution in [0.25, 0.3) is 0 Å². The molecule has 2 heterocycles. The molecule has 1 aromatic heterocycles. The van der Waals surface area contributed by atoms with E-state index in [-0.39, 0.29) is 11.9 Å². The van der Waals surface area contributed by atoms with Gasteiger partial charge in [0.05, 0.1) is 5.57 Å². The number of pyridine rings is 1. The number of rotatable bonds is 3. The molecule has 1 fully saturated rings. The molecule has 1 spiro atoms. The summed E-state index contributed by atoms with van der Waals surface area (Å²) in [7, 11) is 0. The van der Waals surface area contributed by atoms with Gasteiger partial charge in [0.1, 0.15) is 5.60 Å². The van der Waals surface area contributed by atoms with Crippen LogP contribution < -0.4 is 5.32 Å². The molecule has 122 valence electrons. The first kappa shape index (κ1) is 15.7. The Bertz CT molecular complexity index is 629. The van der Waals surface area contributed by atoms with E-state index < -0.39 is 5.60 Å². The fraction of sp³-hybridized carbons (Fsp3) is 0.500. The largest absolute Gasteiger partial charge is 0.451 e. The number of hydrogen-bond donors (Lipinski definition) is 1. The van der Waals surface area contributed by atoms with Crippen LogP contribution in [-0.2, 0) is 20.9 Å². The van der Waals surface area contributed by atoms with Gasteiger partial charge in [-0.3, -0.25) is 9.78 Å². The second-order valence-corrected chi connectivity index (χ2v) is 6.34. The van der Waals surface area contributed by atoms with Gasteiger partial charge in [-0.2, -0.15) is 0 Å². The minimum absolute atomic E-state index is 0.195. The molecule has 1 N–H and O–H groups in total. The molecule has 2 aliphatic rings. The lowest BCUT2D eigenvalue weighted by Gasteiger charge is -2.29. The Balaban J connectivity index is 1.79. The van der Waals surface area contributed by atoms with E-state index in [1.54, 1.807) is 19.3 Å². The van der Waals surface area contributed by atoms with E-state index in [1.807, 2.05) is 12.1 Å². The van der Waals surface area contributed by atoms with Crippen molar-refractivity contribution in [2.75, 3.05) is 0 Å². The number of aromatic nitrogens is 1. The summed E-state index contributed by atoms with van der Waals surface area (Å²) in [6.45, 7) is 2.09. The van der Waals surface area contributed by atoms with E-state index in [0.29, 0.717) is 17.7 Å². The van der Waals surface area contributed by atoms with Crippen molar-refractivity contribution >= 4 is 11.9 Å². The number of esters is 1. The molecule has 0 unspecified atom stereocenters. The molecule has 5 nitrogen and oxygen atoms in total. The van der Waals surface area contributed by atoms with E-state index >= 15 is 0 Å². The zero-order valence-corrected chi connectivity index (χ0v) is 13.4. The SMILES string of the molecule is CC1=C(C(=O)NCc2cccnc2)C2(CCCCCC2)OC1=O. The molecule has 0 aromatic carbocycles. The highest BCUT2D eigenvalue weighted by molar-refractivity contribution is 6.07. The molecular weight excluding hydrogens is 292 g/mol. The van der Waals surface area contributed by atoms with Gasteiger partial charge < -0.3 is 10.1 Å². The van der Waals surface area contributed by atoms with E-state index in [9.17, 15) is 9.59 Å². The van der Waals surface area contributed by atoms with Gasteiger partial charge in [0.15, 0.2) is 0 Å². The summed E-state index contributed by atoms with van der Waals surface area (Å²) >= 11 is 0. The van der Waals surface area contributed by atoms with Crippen LogP contribution in [0.4, 0.5) is 0 Å². The molecule has 1 aliphatic heterocycles. The maximum Gasteiger partial charge on any atom is 0.335 e. The normalized spacial score (nSPS) is 20.3. The maximum atomic E-state index is 12.7. The molecule has 23 heavy (non-hydrogen) atoms. The monoisotopic (exact) mass is 314 g/mol. The lowest BCUT2D eigenvalue weighted by atomic mass is 9.84. The number of carbonyl (C=O) groups excluding carboxylic acids is 2. The molecular formula is C18H22N2O3. The van der Waals surface area contributed by atoms with Gasteiger partial charge in [-0.1, -0.05) is 18.9 Å². The molecule has 0 bridgehead atoms. The first-order valence-corrected chi connectivity index (χ1v) is 8.24. The van der Waals surface area contributed by atoms with Crippen molar-refractivity contribution < 1.29 is 14.3 Å². The molecule has 1 aliphatic carbocycles. The molecule has 0 saturated heterocycles. The van der Waals surface area contributed by atoms with Gasteiger partial charge in [-0.05, 0) is 44.2 Å². The van der Waals surface area contributed by atoms with Gasteiger partial charge >= 0.3 is 5.97 Å². The van der Waals surface area contributed by atoms with Crippen molar-refractivity contribution in [3.05, 3.63) is 41.2 Å². The Morgan fingerprint density at radius 2 is 2.04 bits per heavy atom. The topological polar surface area (TPSA) is 68.3 Å². The van der Waals surface area contributed by atoms with Gasteiger partial charge in [0.25, 0.3) is 5.91 Å². The number of nitrogens with zero attached hydrogens (tertiary/aromatic N) is 1. The Hall–Kier alpha value is -2.17. The maximum absolute atomic E-state index is 12.7. The number of amides is 1. The highest BCUT2D eigenvalue weighted by atomic mass is 16.6. The van der Waals surface area contributed by atoms with E-state index in [1.165, 1.54) is 0 Å². The van der Waals surface area contributed by atoms with Crippen LogP contribution in [0.1, 0.15) is 51.0 Å². The highest BCUT2D eigenvalue weighted by Gasteiger charge is 2.48. The van der Waals surface area contributed by atoms with Crippen molar-refractivity contribution in [3.63, 3.8) is 0 Å². The molecule has 1 saturated carbocycles. The number of ether oxygens (including phenoxy) is 1. The van der Waals surface area contributed by atoms with Crippen molar-refractivity contribution in [1.29, 1.82) is 0 Å². The van der Waals surface area contributed by atoms with Crippen LogP contribution in [0.3, 0.4) is 0 Å². The molecule has 3 rings (SSSR count). The average molecular weight is 314 g/mol. The number of hydrogen-bond acceptors (Lipinski definition) is 4. The Labute approximate surface area is 136 Å². The third kappa shape index (κ3) is 3.14. The second kappa shape index (κ2) is 6.52. The van der Waals surface area contributed by atoms with Gasteiger partial charge in [-0.15, -0.1) is 0 Å². The summed E-state index contributed by atoms with van der Waals surface area (Å²) in [4.78, 5) is 28.9. The van der Waals surface area contributed by atoms with Crippen LogP contribution in [-0.4, -0.2) is 22.5 Å². The number of carbonyl (C=O) groups is 2. The fourth-order valence-corrected chi connectivity index (χ4v) is 3.55. The molecule has 1 aromatic rings. The quantitative estimate of drug-likeness (QED) is 0.871. The summed E-state index contributed by atoms with van der Waals surface area (Å²) in [5.41, 5.74) is 1.21. The van der Waals surface area contributed by atoms with Gasteiger partial charge in [-0.25, -0.2) is 4.79 Å². The summed E-state index contributed by atoms with van der Waals surface area (Å²) in [5, 5.41) is 2.91. The van der Waals surface area contributed by atoms with Crippen LogP contribution in [0.5, 0.6) is 0 Å². The Morgan fingerprint density at radius 1 is 1.30 bits per heavy atom. The zero-order valence-electron chi connectivity index (χ0n) is 13.4. The van der Waals surface area contributed by atoms with Crippen molar-refractivity contribution in [2.45, 2.75) is 57.6 Å². The minimum atomic E-state index is -0.712. The van der Waals surface area contributed by atoms with Crippen molar-refractivity contribution in [3.8, 4) is 0 Å². The highest BCUT2D eigenvalue weighted by Crippen LogP contribution is 2.42. The summed E-state index contributed by atoms with van der Waals surface area (Å²) in [6, 6.07) is 3.74. The van der Waals surface area contributed by atoms with Crippen molar-refractivity contribution in [1.82, 2.24) is 10.3 Å². The van der Waals surface area contributed by atoms with Crippen molar-refractivity contribution in [2.24, 2.45) is 0 Å². The standard InChI is InChI=1S/C18H22N2O3/c1-13-15(16(21)20-12-14-7-6-10-19-11-14)18(23-17(13)22)8-4-2-3-5-9-18/h6-7,10-11H,2-5,8-9,12H2,1H3,(H,20,21). The molecule has 1 amide bonds. The number of nitrogens with one attached hydrogen (secondary N) is 1. The minimum Gasteiger partial charge on any atom is -0.451 e. The average Bonchev–Trinajstić information content (AvgIpc) is 2.71. The third-order valence-electron chi connectivity index (χ3n) is 4.74. The third-order valence-corrected chi connectivity index (χ3v) is 4.74. The Kier molecular flexibility index (Phi) is 4.46. The van der Waals surface area contributed by atoms with Gasteiger partial charge in [0, 0.05) is 24.5 Å². The summed E-state index contributed by atoms with van der Waals surface area (Å²) in [6.07, 6.45) is 9.13. The lowest BCUT2D eigenvalue weighted by Crippen LogP contribution is -2.39. The summed E-state index contributed by atoms with van der Waals surface area (Å²) < 4.78 is 5.68. The van der Waals surface area contributed by atoms with Gasteiger partial charge in [0.2, 0.25) is 0 Å². The van der Waals surface area contributed by atoms with Crippen LogP contribution in [0, 0.1) is 0 Å². The van der Waals surface area contributed by atoms with Crippen LogP contribution >= 0.6 is 0 Å². The van der Waals surface area contributed by atoms with E-state index in [2.05, 4.69) is 10.3 Å². The first-order valence-electron chi connectivity index (χ1n) is 8.24. The van der Waals surface area contributed by atoms with E-state index in [4.69, 9.17) is 4.74 Å². The predicted octanol–water partition coefficient (Wildman–Crippen LogP) is 2.66. The lowest BCUT2D eigenvalue weighted by molar-refractivity contribution is -0.148. The molecule has 0 radical (unpaired) electrons. The smallest absolute Gasteiger partial charge is 0.335 e. The zero-order chi connectivity index (χ0) is 16.3. The van der Waals surface area contributed by atoms with Crippen LogP contribution in [0.2, 0.25) is 0 Å². The van der Waals surface area contributed by atoms with E-state index in [0.717, 1.165) is 44.1 Å². The predicted molar refractivity (Wildman–Crippen MR) is 85.3 cm³/mol. The fourth-order valence-electron chi connectivity index (χ4n) is 3.55. The first-order chi connectivity index (χ1) is 11.1. The molecule has 0 atom stereocenters. The summed E-state index contributed by atoms with van der Waals surface area (Å²) in [5.74, 6) is -0.544. The second-order valence-electron chi connectivity index (χ2n) is 6.34. The molecule has 5 heteroatoms. The Morgan fingerprint density at radius 3 is 2.70 bits per heavy atom.